The molecule has 4 aromatic rings. The molecule has 1 amide bonds. The molecule has 1 fully saturated rings. The second kappa shape index (κ2) is 8.08. The van der Waals surface area contributed by atoms with E-state index < -0.39 is 0 Å². The fraction of sp³-hybridized carbons (Fsp3) is 0.320. The maximum Gasteiger partial charge on any atom is 0.223 e. The van der Waals surface area contributed by atoms with Crippen molar-refractivity contribution >= 4 is 38.4 Å². The number of aryl methyl sites for hydroxylation is 2. The minimum Gasteiger partial charge on any atom is -0.336 e. The number of aromatic nitrogens is 3. The molecule has 2 aromatic carbocycles. The van der Waals surface area contributed by atoms with Crippen LogP contribution in [-0.2, 0) is 11.2 Å². The average Bonchev–Trinajstić information content (AvgIpc) is 3.39. The van der Waals surface area contributed by atoms with Crippen molar-refractivity contribution < 1.29 is 4.79 Å². The van der Waals surface area contributed by atoms with Crippen LogP contribution in [0.4, 0.5) is 0 Å². The number of amides is 1. The Morgan fingerprint density at radius 1 is 1.13 bits per heavy atom. The summed E-state index contributed by atoms with van der Waals surface area (Å²) < 4.78 is 2.99. The van der Waals surface area contributed by atoms with E-state index in [1.807, 2.05) is 29.6 Å². The van der Waals surface area contributed by atoms with Crippen LogP contribution in [0.25, 0.3) is 16.6 Å². The van der Waals surface area contributed by atoms with Crippen molar-refractivity contribution in [3.63, 3.8) is 0 Å². The summed E-state index contributed by atoms with van der Waals surface area (Å²) in [4.78, 5) is 20.1. The van der Waals surface area contributed by atoms with Gasteiger partial charge in [-0.05, 0) is 68.5 Å². The van der Waals surface area contributed by atoms with Crippen LogP contribution in [0.3, 0.4) is 0 Å². The van der Waals surface area contributed by atoms with Crippen molar-refractivity contribution in [2.24, 2.45) is 0 Å². The monoisotopic (exact) mass is 476 g/mol. The van der Waals surface area contributed by atoms with E-state index in [9.17, 15) is 4.79 Å². The number of hydrogen-bond acceptors (Lipinski definition) is 3. The van der Waals surface area contributed by atoms with E-state index in [1.165, 1.54) is 5.56 Å². The molecular weight excluding hydrogens is 452 g/mol. The van der Waals surface area contributed by atoms with Gasteiger partial charge in [0.1, 0.15) is 0 Å². The van der Waals surface area contributed by atoms with Crippen LogP contribution in [0.5, 0.6) is 0 Å². The Balaban J connectivity index is 1.38. The third-order valence-corrected chi connectivity index (χ3v) is 6.96. The number of rotatable bonds is 4. The maximum absolute atomic E-state index is 13.2. The van der Waals surface area contributed by atoms with Crippen molar-refractivity contribution in [1.29, 1.82) is 0 Å². The molecule has 1 aliphatic rings. The number of carbonyl (C=O) groups is 1. The standard InChI is InChI=1S/C25H25BrN4O/c1-16-20(17(2)30-25(27-16)21-6-3-4-7-22(21)28-30)13-14-24(31)29-15-5-8-23(29)18-9-11-19(26)12-10-18/h3-4,6-7,9-12,23H,5,8,13-15H2,1-2H3. The first kappa shape index (κ1) is 20.2. The molecular formula is C25H25BrN4O. The van der Waals surface area contributed by atoms with E-state index in [0.717, 1.165) is 57.4 Å². The second-order valence-corrected chi connectivity index (χ2v) is 9.23. The van der Waals surface area contributed by atoms with Gasteiger partial charge in [0.25, 0.3) is 0 Å². The molecule has 5 rings (SSSR count). The van der Waals surface area contributed by atoms with Crippen LogP contribution in [0, 0.1) is 13.8 Å². The van der Waals surface area contributed by atoms with Gasteiger partial charge in [-0.3, -0.25) is 4.79 Å². The molecule has 2 aromatic heterocycles. The summed E-state index contributed by atoms with van der Waals surface area (Å²) in [5.41, 5.74) is 6.21. The van der Waals surface area contributed by atoms with Crippen LogP contribution in [-0.4, -0.2) is 31.9 Å². The molecule has 158 valence electrons. The SMILES string of the molecule is Cc1nc2c3ccccc3nn2c(C)c1CCC(=O)N1CCCC1c1ccc(Br)cc1. The van der Waals surface area contributed by atoms with Crippen molar-refractivity contribution in [3.8, 4) is 0 Å². The Kier molecular flexibility index (Phi) is 5.26. The Morgan fingerprint density at radius 2 is 1.90 bits per heavy atom. The predicted octanol–water partition coefficient (Wildman–Crippen LogP) is 5.56. The number of fused-ring (bicyclic) bond motifs is 3. The zero-order valence-electron chi connectivity index (χ0n) is 17.8. The molecule has 1 aliphatic heterocycles. The van der Waals surface area contributed by atoms with Crippen molar-refractivity contribution in [1.82, 2.24) is 19.5 Å². The van der Waals surface area contributed by atoms with Crippen LogP contribution in [0.15, 0.2) is 53.0 Å². The van der Waals surface area contributed by atoms with Crippen molar-refractivity contribution in [2.45, 2.75) is 45.6 Å². The van der Waals surface area contributed by atoms with Gasteiger partial charge in [0.2, 0.25) is 5.91 Å². The van der Waals surface area contributed by atoms with Gasteiger partial charge >= 0.3 is 0 Å². The number of nitrogens with zero attached hydrogens (tertiary/aromatic N) is 4. The Morgan fingerprint density at radius 3 is 2.71 bits per heavy atom. The van der Waals surface area contributed by atoms with Gasteiger partial charge in [-0.1, -0.05) is 40.2 Å². The fourth-order valence-corrected chi connectivity index (χ4v) is 5.07. The number of likely N-dealkylation sites (tertiary alicyclic amines) is 1. The molecule has 1 unspecified atom stereocenters. The zero-order valence-corrected chi connectivity index (χ0v) is 19.4. The molecule has 0 bridgehead atoms. The average molecular weight is 477 g/mol. The second-order valence-electron chi connectivity index (χ2n) is 8.31. The molecule has 0 spiro atoms. The van der Waals surface area contributed by atoms with E-state index in [-0.39, 0.29) is 11.9 Å². The highest BCUT2D eigenvalue weighted by atomic mass is 79.9. The molecule has 0 N–H and O–H groups in total. The highest BCUT2D eigenvalue weighted by molar-refractivity contribution is 9.10. The van der Waals surface area contributed by atoms with Crippen LogP contribution in [0.1, 0.15) is 47.8 Å². The van der Waals surface area contributed by atoms with E-state index in [2.05, 4.69) is 58.1 Å². The topological polar surface area (TPSA) is 50.5 Å². The predicted molar refractivity (Wildman–Crippen MR) is 126 cm³/mol. The highest BCUT2D eigenvalue weighted by Gasteiger charge is 2.29. The smallest absolute Gasteiger partial charge is 0.223 e. The van der Waals surface area contributed by atoms with Gasteiger partial charge in [0, 0.05) is 34.2 Å². The summed E-state index contributed by atoms with van der Waals surface area (Å²) in [6.45, 7) is 4.95. The summed E-state index contributed by atoms with van der Waals surface area (Å²) in [6, 6.07) is 16.6. The van der Waals surface area contributed by atoms with Gasteiger partial charge in [-0.25, -0.2) is 9.50 Å². The van der Waals surface area contributed by atoms with Gasteiger partial charge in [0.05, 0.1) is 11.6 Å². The summed E-state index contributed by atoms with van der Waals surface area (Å²) >= 11 is 3.50. The lowest BCUT2D eigenvalue weighted by atomic mass is 10.0. The Labute approximate surface area is 190 Å². The first-order valence-corrected chi connectivity index (χ1v) is 11.6. The number of halogens is 1. The van der Waals surface area contributed by atoms with Crippen molar-refractivity contribution in [2.75, 3.05) is 6.54 Å². The number of benzene rings is 2. The summed E-state index contributed by atoms with van der Waals surface area (Å²) in [5, 5.41) is 5.80. The number of carbonyl (C=O) groups excluding carboxylic acids is 1. The molecule has 31 heavy (non-hydrogen) atoms. The van der Waals surface area contributed by atoms with E-state index in [1.54, 1.807) is 0 Å². The molecule has 5 nitrogen and oxygen atoms in total. The Hall–Kier alpha value is -2.73. The van der Waals surface area contributed by atoms with Gasteiger partial charge in [0.15, 0.2) is 5.65 Å². The molecule has 1 atom stereocenters. The van der Waals surface area contributed by atoms with Crippen LogP contribution >= 0.6 is 15.9 Å². The van der Waals surface area contributed by atoms with Gasteiger partial charge in [-0.2, -0.15) is 5.10 Å². The lowest BCUT2D eigenvalue weighted by molar-refractivity contribution is -0.132. The summed E-state index contributed by atoms with van der Waals surface area (Å²) in [5.74, 6) is 0.218. The molecule has 6 heteroatoms. The minimum atomic E-state index is 0.180. The summed E-state index contributed by atoms with van der Waals surface area (Å²) in [6.07, 6.45) is 3.25. The molecule has 0 aliphatic carbocycles. The normalized spacial score (nSPS) is 16.5. The number of hydrogen-bond donors (Lipinski definition) is 0. The third-order valence-electron chi connectivity index (χ3n) is 6.43. The first-order valence-electron chi connectivity index (χ1n) is 10.8. The van der Waals surface area contributed by atoms with Crippen LogP contribution in [0.2, 0.25) is 0 Å². The zero-order chi connectivity index (χ0) is 21.5. The van der Waals surface area contributed by atoms with Crippen LogP contribution < -0.4 is 0 Å². The minimum absolute atomic E-state index is 0.180. The molecule has 3 heterocycles. The summed E-state index contributed by atoms with van der Waals surface area (Å²) in [7, 11) is 0. The third kappa shape index (κ3) is 3.63. The Bertz CT molecular complexity index is 1280. The van der Waals surface area contributed by atoms with Gasteiger partial charge in [-0.15, -0.1) is 0 Å². The van der Waals surface area contributed by atoms with E-state index >= 15 is 0 Å². The maximum atomic E-state index is 13.2. The molecule has 0 saturated carbocycles. The lowest BCUT2D eigenvalue weighted by Crippen LogP contribution is -2.30. The van der Waals surface area contributed by atoms with Gasteiger partial charge < -0.3 is 4.90 Å². The molecule has 0 radical (unpaired) electrons. The quantitative estimate of drug-likeness (QED) is 0.387. The lowest BCUT2D eigenvalue weighted by Gasteiger charge is -2.25. The molecule has 1 saturated heterocycles. The highest BCUT2D eigenvalue weighted by Crippen LogP contribution is 2.33. The van der Waals surface area contributed by atoms with Crippen molar-refractivity contribution in [3.05, 3.63) is 75.5 Å². The first-order chi connectivity index (χ1) is 15.0. The fourth-order valence-electron chi connectivity index (χ4n) is 4.81. The van der Waals surface area contributed by atoms with E-state index in [0.29, 0.717) is 12.8 Å². The largest absolute Gasteiger partial charge is 0.336 e. The van der Waals surface area contributed by atoms with E-state index in [4.69, 9.17) is 10.1 Å².